The summed E-state index contributed by atoms with van der Waals surface area (Å²) in [6.07, 6.45) is 1.41. The summed E-state index contributed by atoms with van der Waals surface area (Å²) < 4.78 is 12.7. The maximum atomic E-state index is 12.8. The van der Waals surface area contributed by atoms with Gasteiger partial charge in [0.25, 0.3) is 5.91 Å². The molecule has 0 saturated heterocycles. The molecule has 174 valence electrons. The molecule has 10 heteroatoms. The van der Waals surface area contributed by atoms with Crippen molar-refractivity contribution in [2.24, 2.45) is 0 Å². The summed E-state index contributed by atoms with van der Waals surface area (Å²) in [5, 5.41) is 9.70. The minimum atomic E-state index is -0.537. The minimum Gasteiger partial charge on any atom is -0.497 e. The van der Waals surface area contributed by atoms with E-state index in [2.05, 4.69) is 15.7 Å². The van der Waals surface area contributed by atoms with Gasteiger partial charge in [0.1, 0.15) is 18.0 Å². The number of carbonyl (C=O) groups is 2. The number of hydrogen-bond acceptors (Lipinski definition) is 6. The maximum Gasteiger partial charge on any atom is 0.350 e. The van der Waals surface area contributed by atoms with Gasteiger partial charge in [-0.05, 0) is 29.8 Å². The number of hydrogen-bond donors (Lipinski definition) is 2. The van der Waals surface area contributed by atoms with E-state index >= 15 is 0 Å². The minimum absolute atomic E-state index is 0.303. The molecule has 4 rings (SSSR count). The summed E-state index contributed by atoms with van der Waals surface area (Å²) in [6, 6.07) is 17.6. The van der Waals surface area contributed by atoms with Crippen molar-refractivity contribution < 1.29 is 19.1 Å². The number of aromatic nitrogens is 3. The van der Waals surface area contributed by atoms with Crippen LogP contribution in [0.5, 0.6) is 11.5 Å². The lowest BCUT2D eigenvalue weighted by Crippen LogP contribution is -2.28. The number of amides is 2. The van der Waals surface area contributed by atoms with Gasteiger partial charge in [0.15, 0.2) is 5.65 Å². The van der Waals surface area contributed by atoms with Gasteiger partial charge in [-0.25, -0.2) is 13.9 Å². The van der Waals surface area contributed by atoms with Gasteiger partial charge in [0.05, 0.1) is 25.5 Å². The van der Waals surface area contributed by atoms with Crippen LogP contribution >= 0.6 is 0 Å². The smallest absolute Gasteiger partial charge is 0.350 e. The van der Waals surface area contributed by atoms with Crippen molar-refractivity contribution >= 4 is 23.1 Å². The number of pyridine rings is 1. The SMILES string of the molecule is COc1ccc(NC(=O)Cn2nc3ccc(C(=O)NCc4ccccc4)cn3c2=O)c(OC)c1. The van der Waals surface area contributed by atoms with Crippen molar-refractivity contribution in [3.63, 3.8) is 0 Å². The first-order valence-corrected chi connectivity index (χ1v) is 10.4. The fraction of sp³-hybridized carbons (Fsp3) is 0.167. The van der Waals surface area contributed by atoms with Gasteiger partial charge >= 0.3 is 5.69 Å². The third-order valence-electron chi connectivity index (χ3n) is 5.11. The normalized spacial score (nSPS) is 10.6. The van der Waals surface area contributed by atoms with E-state index in [1.807, 2.05) is 30.3 Å². The molecule has 0 unspecified atom stereocenters. The van der Waals surface area contributed by atoms with E-state index in [1.54, 1.807) is 30.3 Å². The van der Waals surface area contributed by atoms with Crippen molar-refractivity contribution in [3.8, 4) is 11.5 Å². The number of anilines is 1. The fourth-order valence-electron chi connectivity index (χ4n) is 3.36. The van der Waals surface area contributed by atoms with E-state index < -0.39 is 11.6 Å². The van der Waals surface area contributed by atoms with Gasteiger partial charge in [-0.15, -0.1) is 5.10 Å². The Bertz CT molecular complexity index is 1390. The summed E-state index contributed by atoms with van der Waals surface area (Å²) in [5.74, 6) is 0.209. The highest BCUT2D eigenvalue weighted by molar-refractivity contribution is 5.94. The zero-order valence-corrected chi connectivity index (χ0v) is 18.6. The Labute approximate surface area is 194 Å². The van der Waals surface area contributed by atoms with Crippen molar-refractivity contribution in [1.29, 1.82) is 0 Å². The molecular weight excluding hydrogens is 438 g/mol. The van der Waals surface area contributed by atoms with Crippen molar-refractivity contribution in [2.75, 3.05) is 19.5 Å². The predicted molar refractivity (Wildman–Crippen MR) is 125 cm³/mol. The Morgan fingerprint density at radius 1 is 1.00 bits per heavy atom. The van der Waals surface area contributed by atoms with E-state index in [1.165, 1.54) is 24.8 Å². The van der Waals surface area contributed by atoms with Crippen LogP contribution in [0.25, 0.3) is 5.65 Å². The second kappa shape index (κ2) is 9.90. The van der Waals surface area contributed by atoms with Crippen LogP contribution in [-0.4, -0.2) is 40.2 Å². The summed E-state index contributed by atoms with van der Waals surface area (Å²) >= 11 is 0. The Morgan fingerprint density at radius 3 is 2.53 bits per heavy atom. The lowest BCUT2D eigenvalue weighted by molar-refractivity contribution is -0.117. The van der Waals surface area contributed by atoms with E-state index in [0.717, 1.165) is 10.2 Å². The van der Waals surface area contributed by atoms with Crippen LogP contribution in [0.1, 0.15) is 15.9 Å². The third-order valence-corrected chi connectivity index (χ3v) is 5.11. The molecule has 2 N–H and O–H groups in total. The second-order valence-corrected chi connectivity index (χ2v) is 7.37. The highest BCUT2D eigenvalue weighted by Crippen LogP contribution is 2.28. The van der Waals surface area contributed by atoms with E-state index in [4.69, 9.17) is 9.47 Å². The fourth-order valence-corrected chi connectivity index (χ4v) is 3.36. The molecule has 4 aromatic rings. The Balaban J connectivity index is 1.47. The molecule has 0 atom stereocenters. The second-order valence-electron chi connectivity index (χ2n) is 7.37. The molecule has 2 aromatic carbocycles. The Hall–Kier alpha value is -4.60. The molecule has 0 fully saturated rings. The number of ether oxygens (including phenoxy) is 2. The average molecular weight is 461 g/mol. The summed E-state index contributed by atoms with van der Waals surface area (Å²) in [6.45, 7) is 0.0477. The van der Waals surface area contributed by atoms with Gasteiger partial charge in [-0.2, -0.15) is 0 Å². The molecule has 2 amide bonds. The molecule has 0 saturated carbocycles. The maximum absolute atomic E-state index is 12.8. The zero-order chi connectivity index (χ0) is 24.1. The average Bonchev–Trinajstić information content (AvgIpc) is 3.17. The Morgan fingerprint density at radius 2 is 1.79 bits per heavy atom. The zero-order valence-electron chi connectivity index (χ0n) is 18.6. The highest BCUT2D eigenvalue weighted by atomic mass is 16.5. The molecule has 34 heavy (non-hydrogen) atoms. The first kappa shape index (κ1) is 22.6. The molecule has 0 spiro atoms. The van der Waals surface area contributed by atoms with Crippen LogP contribution in [0.4, 0.5) is 5.69 Å². The number of methoxy groups -OCH3 is 2. The molecular formula is C24H23N5O5. The molecule has 10 nitrogen and oxygen atoms in total. The Kier molecular flexibility index (Phi) is 6.58. The summed E-state index contributed by atoms with van der Waals surface area (Å²) in [5.41, 5.74) is 1.48. The summed E-state index contributed by atoms with van der Waals surface area (Å²) in [7, 11) is 3.01. The molecule has 0 aliphatic rings. The predicted octanol–water partition coefficient (Wildman–Crippen LogP) is 2.08. The third kappa shape index (κ3) is 4.90. The van der Waals surface area contributed by atoms with E-state index in [9.17, 15) is 14.4 Å². The van der Waals surface area contributed by atoms with Crippen molar-refractivity contribution in [2.45, 2.75) is 13.1 Å². The van der Waals surface area contributed by atoms with Crippen LogP contribution in [0, 0.1) is 0 Å². The molecule has 0 radical (unpaired) electrons. The van der Waals surface area contributed by atoms with Gasteiger partial charge in [0.2, 0.25) is 5.91 Å². The number of fused-ring (bicyclic) bond motifs is 1. The molecule has 0 aliphatic heterocycles. The van der Waals surface area contributed by atoms with Crippen LogP contribution in [-0.2, 0) is 17.9 Å². The van der Waals surface area contributed by atoms with Gasteiger partial charge in [-0.3, -0.25) is 9.59 Å². The first-order valence-electron chi connectivity index (χ1n) is 10.4. The molecule has 2 aromatic heterocycles. The molecule has 2 heterocycles. The van der Waals surface area contributed by atoms with E-state index in [-0.39, 0.29) is 12.5 Å². The topological polar surface area (TPSA) is 116 Å². The van der Waals surface area contributed by atoms with Crippen molar-refractivity contribution in [3.05, 3.63) is 88.5 Å². The largest absolute Gasteiger partial charge is 0.497 e. The number of nitrogens with one attached hydrogen (secondary N) is 2. The number of carbonyl (C=O) groups excluding carboxylic acids is 2. The number of rotatable bonds is 8. The lowest BCUT2D eigenvalue weighted by atomic mass is 10.2. The van der Waals surface area contributed by atoms with Crippen LogP contribution in [0.3, 0.4) is 0 Å². The highest BCUT2D eigenvalue weighted by Gasteiger charge is 2.15. The number of nitrogens with zero attached hydrogens (tertiary/aromatic N) is 3. The van der Waals surface area contributed by atoms with Gasteiger partial charge in [0, 0.05) is 18.8 Å². The van der Waals surface area contributed by atoms with Gasteiger partial charge < -0.3 is 20.1 Å². The van der Waals surface area contributed by atoms with Crippen molar-refractivity contribution in [1.82, 2.24) is 19.5 Å². The lowest BCUT2D eigenvalue weighted by Gasteiger charge is -2.11. The van der Waals surface area contributed by atoms with E-state index in [0.29, 0.717) is 34.9 Å². The van der Waals surface area contributed by atoms with Crippen LogP contribution in [0.2, 0.25) is 0 Å². The standard InChI is InChI=1S/C24H23N5O5/c1-33-18-9-10-19(20(12-18)34-2)26-22(30)15-29-24(32)28-14-17(8-11-21(28)27-29)23(31)25-13-16-6-4-3-5-7-16/h3-12,14H,13,15H2,1-2H3,(H,25,31)(H,26,30). The number of benzene rings is 2. The van der Waals surface area contributed by atoms with Gasteiger partial charge in [-0.1, -0.05) is 30.3 Å². The quantitative estimate of drug-likeness (QED) is 0.415. The first-order chi connectivity index (χ1) is 16.5. The molecule has 0 aliphatic carbocycles. The molecule has 0 bridgehead atoms. The van der Waals surface area contributed by atoms with Crippen LogP contribution in [0.15, 0.2) is 71.7 Å². The summed E-state index contributed by atoms with van der Waals surface area (Å²) in [4.78, 5) is 37.9. The van der Waals surface area contributed by atoms with Crippen LogP contribution < -0.4 is 25.8 Å². The monoisotopic (exact) mass is 461 g/mol.